The summed E-state index contributed by atoms with van der Waals surface area (Å²) in [6.07, 6.45) is -3.39. The first-order valence-electron chi connectivity index (χ1n) is 13.5. The number of anilines is 1. The molecule has 0 heterocycles. The van der Waals surface area contributed by atoms with Crippen LogP contribution < -0.4 is 19.2 Å². The summed E-state index contributed by atoms with van der Waals surface area (Å²) in [6, 6.07) is 24.2. The zero-order chi connectivity index (χ0) is 31.7. The Hall–Kier alpha value is -4.84. The lowest BCUT2D eigenvalue weighted by atomic mass is 10.2. The summed E-state index contributed by atoms with van der Waals surface area (Å²) in [6.45, 7) is 3.46. The number of ether oxygens (including phenoxy) is 2. The molecule has 0 aliphatic rings. The van der Waals surface area contributed by atoms with Gasteiger partial charge in [-0.15, -0.1) is 0 Å². The van der Waals surface area contributed by atoms with E-state index in [0.29, 0.717) is 40.6 Å². The molecule has 1 N–H and O–H groups in total. The molecular weight excluding hydrogens is 595 g/mol. The third-order valence-corrected chi connectivity index (χ3v) is 8.05. The number of nitrogens with one attached hydrogen (secondary N) is 1. The monoisotopic (exact) mass is 625 g/mol. The van der Waals surface area contributed by atoms with Gasteiger partial charge in [-0.2, -0.15) is 18.3 Å². The Morgan fingerprint density at radius 3 is 2.32 bits per heavy atom. The van der Waals surface area contributed by atoms with Gasteiger partial charge in [-0.05, 0) is 73.5 Å². The minimum atomic E-state index is -4.72. The van der Waals surface area contributed by atoms with Gasteiger partial charge in [0.1, 0.15) is 13.2 Å². The maximum atomic E-state index is 13.5. The third kappa shape index (κ3) is 8.38. The molecule has 0 fully saturated rings. The summed E-state index contributed by atoms with van der Waals surface area (Å²) in [5.74, 6) is 0.0933. The van der Waals surface area contributed by atoms with Crippen LogP contribution in [-0.4, -0.2) is 33.7 Å². The molecule has 0 radical (unpaired) electrons. The number of amides is 1. The lowest BCUT2D eigenvalue weighted by Crippen LogP contribution is -2.39. The molecule has 230 valence electrons. The van der Waals surface area contributed by atoms with E-state index >= 15 is 0 Å². The Morgan fingerprint density at radius 1 is 0.909 bits per heavy atom. The van der Waals surface area contributed by atoms with Crippen LogP contribution in [0.2, 0.25) is 0 Å². The van der Waals surface area contributed by atoms with Crippen LogP contribution in [0.1, 0.15) is 29.2 Å². The van der Waals surface area contributed by atoms with Crippen molar-refractivity contribution in [1.82, 2.24) is 5.43 Å². The first kappa shape index (κ1) is 32.1. The van der Waals surface area contributed by atoms with Gasteiger partial charge in [-0.25, -0.2) is 13.8 Å². The van der Waals surface area contributed by atoms with Crippen LogP contribution in [0.4, 0.5) is 18.9 Å². The fourth-order valence-electron chi connectivity index (χ4n) is 4.06. The molecular formula is C32H30F3N3O5S. The summed E-state index contributed by atoms with van der Waals surface area (Å²) in [7, 11) is -4.42. The molecule has 0 aliphatic heterocycles. The highest BCUT2D eigenvalue weighted by Gasteiger charge is 2.33. The number of rotatable bonds is 12. The summed E-state index contributed by atoms with van der Waals surface area (Å²) in [5, 5.41) is 3.91. The fourth-order valence-corrected chi connectivity index (χ4v) is 5.48. The van der Waals surface area contributed by atoms with Crippen LogP contribution in [0.3, 0.4) is 0 Å². The highest BCUT2D eigenvalue weighted by molar-refractivity contribution is 7.92. The number of carbonyl (C=O) groups excluding carboxylic acids is 1. The zero-order valence-corrected chi connectivity index (χ0v) is 24.7. The number of aryl methyl sites for hydroxylation is 1. The van der Waals surface area contributed by atoms with Crippen LogP contribution >= 0.6 is 0 Å². The number of nitrogens with zero attached hydrogens (tertiary/aromatic N) is 2. The van der Waals surface area contributed by atoms with Gasteiger partial charge in [0.2, 0.25) is 0 Å². The SMILES string of the molecule is CCOc1cc(/C=N\NC(=O)CN(c2cccc(C(F)(F)F)c2)S(=O)(=O)c2ccc(C)cc2)ccc1OCc1ccccc1. The van der Waals surface area contributed by atoms with Crippen LogP contribution in [0, 0.1) is 6.92 Å². The van der Waals surface area contributed by atoms with Crippen LogP contribution in [0.15, 0.2) is 107 Å². The van der Waals surface area contributed by atoms with Gasteiger partial charge in [0.15, 0.2) is 11.5 Å². The molecule has 0 spiro atoms. The topological polar surface area (TPSA) is 97.3 Å². The molecule has 0 aromatic heterocycles. The lowest BCUT2D eigenvalue weighted by molar-refractivity contribution is -0.137. The minimum absolute atomic E-state index is 0.185. The Balaban J connectivity index is 1.52. The normalized spacial score (nSPS) is 11.8. The number of halogens is 3. The molecule has 0 bridgehead atoms. The number of hydrogen-bond acceptors (Lipinski definition) is 6. The number of carbonyl (C=O) groups is 1. The first-order chi connectivity index (χ1) is 21.0. The summed E-state index contributed by atoms with van der Waals surface area (Å²) in [4.78, 5) is 12.7. The maximum absolute atomic E-state index is 13.5. The Morgan fingerprint density at radius 2 is 1.64 bits per heavy atom. The highest BCUT2D eigenvalue weighted by Crippen LogP contribution is 2.33. The smallest absolute Gasteiger partial charge is 0.416 e. The van der Waals surface area contributed by atoms with Crippen molar-refractivity contribution >= 4 is 27.8 Å². The molecule has 0 atom stereocenters. The quantitative estimate of drug-likeness (QED) is 0.147. The first-order valence-corrected chi connectivity index (χ1v) is 14.9. The predicted molar refractivity (Wildman–Crippen MR) is 161 cm³/mol. The van der Waals surface area contributed by atoms with E-state index in [0.717, 1.165) is 23.3 Å². The van der Waals surface area contributed by atoms with Crippen molar-refractivity contribution in [3.8, 4) is 11.5 Å². The standard InChI is InChI=1S/C32H30F3N3O5S/c1-3-42-30-18-25(14-17-29(30)43-22-24-8-5-4-6-9-24)20-36-37-31(39)21-38(27-11-7-10-26(19-27)32(33,34)35)44(40,41)28-15-12-23(2)13-16-28/h4-20H,3,21-22H2,1-2H3,(H,37,39)/b36-20-. The Bertz CT molecular complexity index is 1710. The molecule has 44 heavy (non-hydrogen) atoms. The largest absolute Gasteiger partial charge is 0.490 e. The average Bonchev–Trinajstić information content (AvgIpc) is 3.00. The number of alkyl halides is 3. The summed E-state index contributed by atoms with van der Waals surface area (Å²) in [5.41, 5.74) is 3.17. The second kappa shape index (κ2) is 14.1. The Kier molecular flexibility index (Phi) is 10.3. The molecule has 4 rings (SSSR count). The van der Waals surface area contributed by atoms with E-state index in [9.17, 15) is 26.4 Å². The molecule has 0 saturated carbocycles. The van der Waals surface area contributed by atoms with Gasteiger partial charge in [0.25, 0.3) is 15.9 Å². The van der Waals surface area contributed by atoms with E-state index in [4.69, 9.17) is 9.47 Å². The van der Waals surface area contributed by atoms with Crippen molar-refractivity contribution in [2.45, 2.75) is 31.5 Å². The molecule has 4 aromatic rings. The van der Waals surface area contributed by atoms with E-state index in [1.807, 2.05) is 37.3 Å². The van der Waals surface area contributed by atoms with Gasteiger partial charge in [-0.3, -0.25) is 9.10 Å². The number of sulfonamides is 1. The molecule has 0 unspecified atom stereocenters. The van der Waals surface area contributed by atoms with Gasteiger partial charge in [-0.1, -0.05) is 54.1 Å². The Labute approximate surface area is 253 Å². The second-order valence-electron chi connectivity index (χ2n) is 9.58. The number of hydrazone groups is 1. The van der Waals surface area contributed by atoms with Crippen molar-refractivity contribution in [2.24, 2.45) is 5.10 Å². The lowest BCUT2D eigenvalue weighted by Gasteiger charge is -2.24. The minimum Gasteiger partial charge on any atom is -0.490 e. The van der Waals surface area contributed by atoms with Crippen molar-refractivity contribution in [3.63, 3.8) is 0 Å². The summed E-state index contributed by atoms with van der Waals surface area (Å²) >= 11 is 0. The van der Waals surface area contributed by atoms with Crippen molar-refractivity contribution in [2.75, 3.05) is 17.5 Å². The molecule has 12 heteroatoms. The summed E-state index contributed by atoms with van der Waals surface area (Å²) < 4.78 is 79.5. The van der Waals surface area contributed by atoms with Crippen molar-refractivity contribution in [1.29, 1.82) is 0 Å². The molecule has 8 nitrogen and oxygen atoms in total. The molecule has 0 aliphatic carbocycles. The third-order valence-electron chi connectivity index (χ3n) is 6.27. The number of benzene rings is 4. The van der Waals surface area contributed by atoms with E-state index in [2.05, 4.69) is 10.5 Å². The van der Waals surface area contributed by atoms with Crippen molar-refractivity contribution < 1.29 is 35.9 Å². The average molecular weight is 626 g/mol. The molecule has 0 saturated heterocycles. The van der Waals surface area contributed by atoms with Crippen LogP contribution in [0.25, 0.3) is 0 Å². The van der Waals surface area contributed by atoms with E-state index < -0.39 is 34.2 Å². The number of hydrogen-bond donors (Lipinski definition) is 1. The van der Waals surface area contributed by atoms with Crippen LogP contribution in [0.5, 0.6) is 11.5 Å². The van der Waals surface area contributed by atoms with Gasteiger partial charge in [0.05, 0.1) is 29.0 Å². The predicted octanol–water partition coefficient (Wildman–Crippen LogP) is 6.34. The van der Waals surface area contributed by atoms with E-state index in [-0.39, 0.29) is 10.6 Å². The van der Waals surface area contributed by atoms with Crippen molar-refractivity contribution in [3.05, 3.63) is 119 Å². The van der Waals surface area contributed by atoms with E-state index in [1.165, 1.54) is 24.4 Å². The maximum Gasteiger partial charge on any atom is 0.416 e. The zero-order valence-electron chi connectivity index (χ0n) is 23.9. The van der Waals surface area contributed by atoms with Gasteiger partial charge in [0, 0.05) is 0 Å². The van der Waals surface area contributed by atoms with E-state index in [1.54, 1.807) is 37.3 Å². The molecule has 4 aromatic carbocycles. The van der Waals surface area contributed by atoms with Crippen LogP contribution in [-0.2, 0) is 27.6 Å². The molecule has 1 amide bonds. The fraction of sp³-hybridized carbons (Fsp3) is 0.188. The van der Waals surface area contributed by atoms with Gasteiger partial charge < -0.3 is 9.47 Å². The highest BCUT2D eigenvalue weighted by atomic mass is 32.2. The van der Waals surface area contributed by atoms with Gasteiger partial charge >= 0.3 is 6.18 Å². The second-order valence-corrected chi connectivity index (χ2v) is 11.4.